The monoisotopic (exact) mass is 132 g/mol. The lowest BCUT2D eigenvalue weighted by Gasteiger charge is -2.14. The van der Waals surface area contributed by atoms with Gasteiger partial charge in [0.05, 0.1) is 0 Å². The first-order valence-corrected chi connectivity index (χ1v) is 3.78. The smallest absolute Gasteiger partial charge is 0.155 e. The van der Waals surface area contributed by atoms with Gasteiger partial charge in [-0.15, -0.1) is 0 Å². The van der Waals surface area contributed by atoms with Crippen LogP contribution in [0.15, 0.2) is 0 Å². The average molecular weight is 132 g/mol. The summed E-state index contributed by atoms with van der Waals surface area (Å²) >= 11 is 1.47. The molecule has 0 aliphatic carbocycles. The minimum Gasteiger partial charge on any atom is -0.355 e. The molecular weight excluding hydrogens is 120 g/mol. The van der Waals surface area contributed by atoms with Gasteiger partial charge in [0.1, 0.15) is 0 Å². The van der Waals surface area contributed by atoms with Gasteiger partial charge in [-0.3, -0.25) is 5.41 Å². The number of amidine groups is 1. The van der Waals surface area contributed by atoms with Crippen molar-refractivity contribution in [1.82, 2.24) is 4.90 Å². The molecule has 0 bridgehead atoms. The molecule has 0 unspecified atom stereocenters. The second-order valence-electron chi connectivity index (χ2n) is 1.52. The summed E-state index contributed by atoms with van der Waals surface area (Å²) in [6, 6.07) is 0. The predicted molar refractivity (Wildman–Crippen MR) is 39.5 cm³/mol. The highest BCUT2D eigenvalue weighted by Crippen LogP contribution is 1.97. The summed E-state index contributed by atoms with van der Waals surface area (Å²) in [5, 5.41) is 7.86. The van der Waals surface area contributed by atoms with Gasteiger partial charge >= 0.3 is 0 Å². The molecule has 8 heavy (non-hydrogen) atoms. The van der Waals surface area contributed by atoms with E-state index in [4.69, 9.17) is 5.41 Å². The third-order valence-electron chi connectivity index (χ3n) is 1.01. The lowest BCUT2D eigenvalue weighted by atomic mass is 10.7. The Morgan fingerprint density at radius 1 is 1.75 bits per heavy atom. The second-order valence-corrected chi connectivity index (χ2v) is 2.32. The minimum atomic E-state index is 0.632. The largest absolute Gasteiger partial charge is 0.355 e. The Morgan fingerprint density at radius 3 is 2.38 bits per heavy atom. The fourth-order valence-corrected chi connectivity index (χ4v) is 0.740. The first-order valence-electron chi connectivity index (χ1n) is 2.56. The van der Waals surface area contributed by atoms with Gasteiger partial charge in [0.25, 0.3) is 0 Å². The summed E-state index contributed by atoms with van der Waals surface area (Å²) < 4.78 is 0. The molecule has 0 aliphatic rings. The van der Waals surface area contributed by atoms with Crippen LogP contribution in [0.25, 0.3) is 0 Å². The number of hydrogen-bond acceptors (Lipinski definition) is 2. The van der Waals surface area contributed by atoms with Gasteiger partial charge in [0.15, 0.2) is 5.17 Å². The highest BCUT2D eigenvalue weighted by Gasteiger charge is 1.95. The van der Waals surface area contributed by atoms with Crippen molar-refractivity contribution in [3.8, 4) is 0 Å². The number of nitrogens with zero attached hydrogens (tertiary/aromatic N) is 1. The van der Waals surface area contributed by atoms with E-state index >= 15 is 0 Å². The molecular formula is C5H12N2S. The Labute approximate surface area is 54.8 Å². The molecule has 0 aliphatic heterocycles. The molecule has 0 radical (unpaired) electrons. The zero-order valence-electron chi connectivity index (χ0n) is 5.56. The average Bonchev–Trinajstić information content (AvgIpc) is 1.84. The van der Waals surface area contributed by atoms with E-state index in [2.05, 4.69) is 0 Å². The van der Waals surface area contributed by atoms with E-state index in [-0.39, 0.29) is 0 Å². The predicted octanol–water partition coefficient (Wildman–Crippen LogP) is 1.24. The van der Waals surface area contributed by atoms with Gasteiger partial charge in [-0.25, -0.2) is 0 Å². The Bertz CT molecular complexity index is 82.5. The molecule has 0 saturated heterocycles. The maximum absolute atomic E-state index is 7.23. The third kappa shape index (κ3) is 2.21. The molecule has 0 aromatic carbocycles. The van der Waals surface area contributed by atoms with Crippen molar-refractivity contribution in [3.05, 3.63) is 0 Å². The van der Waals surface area contributed by atoms with Gasteiger partial charge in [0, 0.05) is 13.6 Å². The van der Waals surface area contributed by atoms with Crippen molar-refractivity contribution in [2.75, 3.05) is 19.8 Å². The minimum absolute atomic E-state index is 0.632. The number of thioether (sulfide) groups is 1. The Kier molecular flexibility index (Phi) is 3.69. The second kappa shape index (κ2) is 3.78. The van der Waals surface area contributed by atoms with Crippen molar-refractivity contribution in [3.63, 3.8) is 0 Å². The summed E-state index contributed by atoms with van der Waals surface area (Å²) in [6.45, 7) is 2.95. The molecule has 0 heterocycles. The molecule has 0 atom stereocenters. The van der Waals surface area contributed by atoms with Gasteiger partial charge in [-0.05, 0) is 13.2 Å². The molecule has 48 valence electrons. The number of nitrogens with one attached hydrogen (secondary N) is 1. The number of rotatable bonds is 1. The fourth-order valence-electron chi connectivity index (χ4n) is 0.299. The summed E-state index contributed by atoms with van der Waals surface area (Å²) in [5.74, 6) is 0. The zero-order chi connectivity index (χ0) is 6.57. The van der Waals surface area contributed by atoms with E-state index in [0.29, 0.717) is 5.17 Å². The van der Waals surface area contributed by atoms with E-state index in [1.165, 1.54) is 11.8 Å². The van der Waals surface area contributed by atoms with Gasteiger partial charge in [-0.2, -0.15) is 0 Å². The Balaban J connectivity index is 3.46. The van der Waals surface area contributed by atoms with Gasteiger partial charge in [0.2, 0.25) is 0 Å². The zero-order valence-corrected chi connectivity index (χ0v) is 6.38. The summed E-state index contributed by atoms with van der Waals surface area (Å²) in [6.07, 6.45) is 1.91. The Hall–Kier alpha value is -0.180. The first kappa shape index (κ1) is 7.82. The van der Waals surface area contributed by atoms with Crippen LogP contribution in [-0.4, -0.2) is 29.9 Å². The molecule has 0 aromatic heterocycles. The van der Waals surface area contributed by atoms with Gasteiger partial charge in [-0.1, -0.05) is 11.8 Å². The SMILES string of the molecule is CCN(C)C(=N)SC. The van der Waals surface area contributed by atoms with E-state index in [1.54, 1.807) is 0 Å². The first-order chi connectivity index (χ1) is 3.72. The summed E-state index contributed by atoms with van der Waals surface area (Å²) in [7, 11) is 1.92. The van der Waals surface area contributed by atoms with Crippen LogP contribution in [0.5, 0.6) is 0 Å². The Morgan fingerprint density at radius 2 is 2.25 bits per heavy atom. The van der Waals surface area contributed by atoms with Crippen LogP contribution >= 0.6 is 11.8 Å². The normalized spacial score (nSPS) is 8.88. The summed E-state index contributed by atoms with van der Waals surface area (Å²) in [5.41, 5.74) is 0. The molecule has 3 heteroatoms. The topological polar surface area (TPSA) is 27.1 Å². The van der Waals surface area contributed by atoms with Crippen LogP contribution in [0.1, 0.15) is 6.92 Å². The van der Waals surface area contributed by atoms with Crippen LogP contribution in [0.2, 0.25) is 0 Å². The molecule has 0 fully saturated rings. The van der Waals surface area contributed by atoms with E-state index < -0.39 is 0 Å². The van der Waals surface area contributed by atoms with Crippen molar-refractivity contribution >= 4 is 16.9 Å². The van der Waals surface area contributed by atoms with Crippen molar-refractivity contribution < 1.29 is 0 Å². The third-order valence-corrected chi connectivity index (χ3v) is 1.71. The van der Waals surface area contributed by atoms with Crippen molar-refractivity contribution in [1.29, 1.82) is 5.41 Å². The number of hydrogen-bond donors (Lipinski definition) is 1. The molecule has 0 spiro atoms. The highest BCUT2D eigenvalue weighted by atomic mass is 32.2. The molecule has 0 aromatic rings. The van der Waals surface area contributed by atoms with E-state index in [0.717, 1.165) is 6.54 Å². The summed E-state index contributed by atoms with van der Waals surface area (Å²) in [4.78, 5) is 1.89. The maximum atomic E-state index is 7.23. The van der Waals surface area contributed by atoms with Crippen molar-refractivity contribution in [2.24, 2.45) is 0 Å². The van der Waals surface area contributed by atoms with Crippen LogP contribution in [-0.2, 0) is 0 Å². The lowest BCUT2D eigenvalue weighted by Crippen LogP contribution is -2.21. The lowest BCUT2D eigenvalue weighted by molar-refractivity contribution is 0.543. The molecule has 0 saturated carbocycles. The standard InChI is InChI=1S/C5H12N2S/c1-4-7(2)5(6)8-3/h6H,4H2,1-3H3. The quantitative estimate of drug-likeness (QED) is 0.429. The van der Waals surface area contributed by atoms with Crippen LogP contribution < -0.4 is 0 Å². The van der Waals surface area contributed by atoms with Crippen LogP contribution in [0, 0.1) is 5.41 Å². The highest BCUT2D eigenvalue weighted by molar-refractivity contribution is 8.13. The van der Waals surface area contributed by atoms with Gasteiger partial charge < -0.3 is 4.90 Å². The van der Waals surface area contributed by atoms with Crippen LogP contribution in [0.3, 0.4) is 0 Å². The molecule has 1 N–H and O–H groups in total. The van der Waals surface area contributed by atoms with Crippen molar-refractivity contribution in [2.45, 2.75) is 6.92 Å². The molecule has 2 nitrogen and oxygen atoms in total. The van der Waals surface area contributed by atoms with E-state index in [1.807, 2.05) is 25.1 Å². The molecule has 0 rings (SSSR count). The maximum Gasteiger partial charge on any atom is 0.155 e. The van der Waals surface area contributed by atoms with E-state index in [9.17, 15) is 0 Å². The van der Waals surface area contributed by atoms with Crippen LogP contribution in [0.4, 0.5) is 0 Å². The molecule has 0 amide bonds. The fraction of sp³-hybridized carbons (Fsp3) is 0.800.